The summed E-state index contributed by atoms with van der Waals surface area (Å²) in [6.45, 7) is 1.09. The van der Waals surface area contributed by atoms with Crippen LogP contribution in [0.25, 0.3) is 0 Å². The Morgan fingerprint density at radius 3 is 2.37 bits per heavy atom. The predicted octanol–water partition coefficient (Wildman–Crippen LogP) is 5.23. The Balaban J connectivity index is 1.46. The first-order chi connectivity index (χ1) is 14.3. The van der Waals surface area contributed by atoms with Gasteiger partial charge in [-0.3, -0.25) is 4.79 Å². The molecule has 4 nitrogen and oxygen atoms in total. The Labute approximate surface area is 172 Å². The van der Waals surface area contributed by atoms with Crippen LogP contribution in [-0.2, 0) is 19.1 Å². The van der Waals surface area contributed by atoms with E-state index >= 15 is 0 Å². The van der Waals surface area contributed by atoms with Crippen LogP contribution >= 0.6 is 0 Å². The lowest BCUT2D eigenvalue weighted by molar-refractivity contribution is -0.137. The van der Waals surface area contributed by atoms with E-state index in [0.717, 1.165) is 28.9 Å². The highest BCUT2D eigenvalue weighted by molar-refractivity contribution is 5.95. The van der Waals surface area contributed by atoms with Gasteiger partial charge in [0, 0.05) is 35.7 Å². The van der Waals surface area contributed by atoms with Gasteiger partial charge in [-0.15, -0.1) is 0 Å². The summed E-state index contributed by atoms with van der Waals surface area (Å²) in [6.07, 6.45) is -3.65. The first-order valence-corrected chi connectivity index (χ1v) is 9.50. The smallest absolute Gasteiger partial charge is 0.399 e. The molecule has 0 saturated carbocycles. The molecule has 0 aromatic heterocycles. The number of nitrogens with two attached hydrogens (primary N) is 1. The number of carbonyl (C=O) groups excluding carboxylic acids is 1. The minimum absolute atomic E-state index is 0.0556. The number of fused-ring (bicyclic) bond motifs is 1. The lowest BCUT2D eigenvalue weighted by Crippen LogP contribution is -2.36. The molecular formula is C23H20F3N3O. The molecule has 0 aliphatic carbocycles. The molecule has 0 atom stereocenters. The van der Waals surface area contributed by atoms with Crippen LogP contribution in [0.4, 0.5) is 30.2 Å². The second kappa shape index (κ2) is 7.74. The van der Waals surface area contributed by atoms with Gasteiger partial charge in [-0.1, -0.05) is 12.1 Å². The Morgan fingerprint density at radius 1 is 0.933 bits per heavy atom. The standard InChI is InChI=1S/C23H20F3N3O/c24-23(25,26)18-5-8-20(9-6-18)28-21-7-4-17-14-29(11-10-15(17)13-21)22(30)16-2-1-3-19(27)12-16/h1-9,12-13,28H,10-11,14,27H2. The summed E-state index contributed by atoms with van der Waals surface area (Å²) in [5, 5.41) is 3.14. The highest BCUT2D eigenvalue weighted by Crippen LogP contribution is 2.31. The van der Waals surface area contributed by atoms with Gasteiger partial charge in [-0.2, -0.15) is 13.2 Å². The van der Waals surface area contributed by atoms with Crippen LogP contribution in [0, 0.1) is 0 Å². The lowest BCUT2D eigenvalue weighted by Gasteiger charge is -2.29. The average molecular weight is 411 g/mol. The molecule has 7 heteroatoms. The number of alkyl halides is 3. The fraction of sp³-hybridized carbons (Fsp3) is 0.174. The molecule has 3 N–H and O–H groups in total. The first-order valence-electron chi connectivity index (χ1n) is 9.50. The highest BCUT2D eigenvalue weighted by atomic mass is 19.4. The Bertz CT molecular complexity index is 1080. The average Bonchev–Trinajstić information content (AvgIpc) is 2.72. The molecule has 0 bridgehead atoms. The van der Waals surface area contributed by atoms with Crippen molar-refractivity contribution in [3.05, 3.63) is 89.0 Å². The van der Waals surface area contributed by atoms with Gasteiger partial charge in [-0.25, -0.2) is 0 Å². The third kappa shape index (κ3) is 4.25. The van der Waals surface area contributed by atoms with Crippen molar-refractivity contribution in [3.63, 3.8) is 0 Å². The molecule has 1 aliphatic heterocycles. The monoisotopic (exact) mass is 411 g/mol. The van der Waals surface area contributed by atoms with Crippen LogP contribution in [0.2, 0.25) is 0 Å². The van der Waals surface area contributed by atoms with Crippen LogP contribution in [0.15, 0.2) is 66.7 Å². The van der Waals surface area contributed by atoms with E-state index in [4.69, 9.17) is 5.73 Å². The number of rotatable bonds is 3. The van der Waals surface area contributed by atoms with Gasteiger partial charge in [0.05, 0.1) is 5.56 Å². The van der Waals surface area contributed by atoms with Gasteiger partial charge in [-0.05, 0) is 72.1 Å². The summed E-state index contributed by atoms with van der Waals surface area (Å²) in [7, 11) is 0. The van der Waals surface area contributed by atoms with Crippen LogP contribution in [0.1, 0.15) is 27.0 Å². The SMILES string of the molecule is Nc1cccc(C(=O)N2CCc3cc(Nc4ccc(C(F)(F)F)cc4)ccc3C2)c1. The zero-order chi connectivity index (χ0) is 21.3. The Kier molecular flexibility index (Phi) is 5.11. The van der Waals surface area contributed by atoms with Gasteiger partial charge in [0.15, 0.2) is 0 Å². The number of nitrogen functional groups attached to an aromatic ring is 1. The maximum absolute atomic E-state index is 12.7. The molecule has 1 amide bonds. The molecule has 30 heavy (non-hydrogen) atoms. The third-order valence-electron chi connectivity index (χ3n) is 5.14. The number of hydrogen-bond acceptors (Lipinski definition) is 3. The molecular weight excluding hydrogens is 391 g/mol. The van der Waals surface area contributed by atoms with E-state index in [-0.39, 0.29) is 5.91 Å². The second-order valence-corrected chi connectivity index (χ2v) is 7.29. The van der Waals surface area contributed by atoms with Crippen molar-refractivity contribution in [1.29, 1.82) is 0 Å². The van der Waals surface area contributed by atoms with Gasteiger partial charge < -0.3 is 16.0 Å². The number of carbonyl (C=O) groups is 1. The molecule has 154 valence electrons. The van der Waals surface area contributed by atoms with Gasteiger partial charge >= 0.3 is 6.18 Å². The van der Waals surface area contributed by atoms with E-state index in [0.29, 0.717) is 36.4 Å². The number of nitrogens with one attached hydrogen (secondary N) is 1. The number of benzene rings is 3. The van der Waals surface area contributed by atoms with E-state index in [1.54, 1.807) is 29.2 Å². The van der Waals surface area contributed by atoms with Crippen LogP contribution in [-0.4, -0.2) is 17.4 Å². The summed E-state index contributed by atoms with van der Waals surface area (Å²) in [4.78, 5) is 14.5. The molecule has 3 aromatic carbocycles. The fourth-order valence-electron chi connectivity index (χ4n) is 3.57. The first kappa shape index (κ1) is 19.8. The minimum atomic E-state index is -4.35. The molecule has 0 saturated heterocycles. The zero-order valence-corrected chi connectivity index (χ0v) is 16.0. The quantitative estimate of drug-likeness (QED) is 0.581. The van der Waals surface area contributed by atoms with Crippen molar-refractivity contribution >= 4 is 23.0 Å². The van der Waals surface area contributed by atoms with Crippen molar-refractivity contribution < 1.29 is 18.0 Å². The summed E-state index contributed by atoms with van der Waals surface area (Å²) < 4.78 is 38.1. The molecule has 1 heterocycles. The Hall–Kier alpha value is -3.48. The molecule has 1 aliphatic rings. The van der Waals surface area contributed by atoms with Crippen LogP contribution in [0.5, 0.6) is 0 Å². The molecule has 0 fully saturated rings. The van der Waals surface area contributed by atoms with Gasteiger partial charge in [0.1, 0.15) is 0 Å². The topological polar surface area (TPSA) is 58.4 Å². The van der Waals surface area contributed by atoms with E-state index in [2.05, 4.69) is 5.32 Å². The normalized spacial score (nSPS) is 13.6. The maximum Gasteiger partial charge on any atom is 0.416 e. The number of amides is 1. The molecule has 0 radical (unpaired) electrons. The molecule has 0 unspecified atom stereocenters. The largest absolute Gasteiger partial charge is 0.416 e. The van der Waals surface area contributed by atoms with Crippen LogP contribution in [0.3, 0.4) is 0 Å². The molecule has 3 aromatic rings. The van der Waals surface area contributed by atoms with Crippen molar-refractivity contribution in [2.24, 2.45) is 0 Å². The number of nitrogens with zero attached hydrogens (tertiary/aromatic N) is 1. The maximum atomic E-state index is 12.7. The highest BCUT2D eigenvalue weighted by Gasteiger charge is 2.30. The zero-order valence-electron chi connectivity index (χ0n) is 16.0. The lowest BCUT2D eigenvalue weighted by atomic mass is 9.98. The third-order valence-corrected chi connectivity index (χ3v) is 5.14. The number of halogens is 3. The number of hydrogen-bond donors (Lipinski definition) is 2. The van der Waals surface area contributed by atoms with Crippen LogP contribution < -0.4 is 11.1 Å². The fourth-order valence-corrected chi connectivity index (χ4v) is 3.57. The summed E-state index contributed by atoms with van der Waals surface area (Å²) >= 11 is 0. The molecule has 0 spiro atoms. The van der Waals surface area contributed by atoms with Crippen molar-refractivity contribution in [2.75, 3.05) is 17.6 Å². The van der Waals surface area contributed by atoms with E-state index in [1.807, 2.05) is 18.2 Å². The number of anilines is 3. The van der Waals surface area contributed by atoms with Crippen molar-refractivity contribution in [1.82, 2.24) is 4.90 Å². The van der Waals surface area contributed by atoms with Gasteiger partial charge in [0.25, 0.3) is 5.91 Å². The van der Waals surface area contributed by atoms with E-state index in [1.165, 1.54) is 12.1 Å². The summed E-state index contributed by atoms with van der Waals surface area (Å²) in [5.74, 6) is -0.0556. The van der Waals surface area contributed by atoms with Crippen molar-refractivity contribution in [2.45, 2.75) is 19.1 Å². The minimum Gasteiger partial charge on any atom is -0.399 e. The summed E-state index contributed by atoms with van der Waals surface area (Å²) in [5.41, 5.74) is 9.77. The van der Waals surface area contributed by atoms with E-state index in [9.17, 15) is 18.0 Å². The van der Waals surface area contributed by atoms with Crippen molar-refractivity contribution in [3.8, 4) is 0 Å². The Morgan fingerprint density at radius 2 is 1.67 bits per heavy atom. The predicted molar refractivity (Wildman–Crippen MR) is 110 cm³/mol. The molecule has 4 rings (SSSR count). The second-order valence-electron chi connectivity index (χ2n) is 7.29. The van der Waals surface area contributed by atoms with Gasteiger partial charge in [0.2, 0.25) is 0 Å². The summed E-state index contributed by atoms with van der Waals surface area (Å²) in [6, 6.07) is 17.7. The van der Waals surface area contributed by atoms with E-state index < -0.39 is 11.7 Å².